The average molecular weight is 886 g/mol. The Hall–Kier alpha value is -5.92. The van der Waals surface area contributed by atoms with Crippen molar-refractivity contribution in [1.82, 2.24) is 35.1 Å². The number of nitrogens with one attached hydrogen (secondary N) is 2. The monoisotopic (exact) mass is 885 g/mol. The van der Waals surface area contributed by atoms with Crippen molar-refractivity contribution in [2.45, 2.75) is 82.5 Å². The Balaban J connectivity index is 0.746. The highest BCUT2D eigenvalue weighted by Crippen LogP contribution is 2.37. The van der Waals surface area contributed by atoms with Crippen LogP contribution in [-0.4, -0.2) is 123 Å². The lowest BCUT2D eigenvalue weighted by Gasteiger charge is -2.43. The molecule has 0 atom stereocenters. The summed E-state index contributed by atoms with van der Waals surface area (Å²) >= 11 is 0. The normalized spacial score (nSPS) is 20.4. The number of rotatable bonds is 9. The molecule has 338 valence electrons. The molecule has 4 aromatic rings. The van der Waals surface area contributed by atoms with Crippen molar-refractivity contribution >= 4 is 52.1 Å². The fourth-order valence-corrected chi connectivity index (χ4v) is 9.78. The molecular weight excluding hydrogens is 836 g/mol. The van der Waals surface area contributed by atoms with Gasteiger partial charge >= 0.3 is 12.2 Å². The first kappa shape index (κ1) is 43.3. The topological polar surface area (TPSA) is 185 Å². The summed E-state index contributed by atoms with van der Waals surface area (Å²) in [6.07, 6.45) is 1.23. The number of piperidine rings is 3. The highest BCUT2D eigenvalue weighted by atomic mass is 19.4. The molecule has 5 aliphatic rings. The molecular formula is C45H50F3N9O7. The maximum Gasteiger partial charge on any atom is 0.433 e. The zero-order valence-corrected chi connectivity index (χ0v) is 35.6. The summed E-state index contributed by atoms with van der Waals surface area (Å²) in [5.41, 5.74) is -0.216. The Morgan fingerprint density at radius 3 is 2.27 bits per heavy atom. The molecule has 2 aromatic carbocycles. The number of oxazole rings is 1. The quantitative estimate of drug-likeness (QED) is 0.174. The first-order valence-electron chi connectivity index (χ1n) is 21.9. The van der Waals surface area contributed by atoms with E-state index in [9.17, 15) is 42.3 Å². The van der Waals surface area contributed by atoms with Gasteiger partial charge in [-0.05, 0) is 121 Å². The largest absolute Gasteiger partial charge is 0.440 e. The van der Waals surface area contributed by atoms with Crippen molar-refractivity contribution in [3.63, 3.8) is 0 Å². The number of aromatic nitrogens is 2. The minimum absolute atomic E-state index is 0.00573. The number of hydrogen-bond donors (Lipinski definition) is 3. The first-order chi connectivity index (χ1) is 30.5. The van der Waals surface area contributed by atoms with Gasteiger partial charge in [-0.2, -0.15) is 18.2 Å². The lowest BCUT2D eigenvalue weighted by Crippen LogP contribution is -2.58. The number of halogens is 3. The fraction of sp³-hybridized carbons (Fsp3) is 0.489. The number of urea groups is 1. The van der Waals surface area contributed by atoms with E-state index in [1.807, 2.05) is 6.07 Å². The molecule has 0 bridgehead atoms. The van der Waals surface area contributed by atoms with E-state index in [1.165, 1.54) is 6.07 Å². The fourth-order valence-electron chi connectivity index (χ4n) is 9.78. The molecule has 2 aromatic heterocycles. The van der Waals surface area contributed by atoms with Crippen molar-refractivity contribution in [2.75, 3.05) is 62.6 Å². The summed E-state index contributed by atoms with van der Waals surface area (Å²) in [4.78, 5) is 79.2. The van der Waals surface area contributed by atoms with Gasteiger partial charge in [0.2, 0.25) is 5.91 Å². The van der Waals surface area contributed by atoms with Crippen LogP contribution >= 0.6 is 0 Å². The van der Waals surface area contributed by atoms with E-state index < -0.39 is 52.8 Å². The van der Waals surface area contributed by atoms with Crippen LogP contribution in [0.25, 0.3) is 11.1 Å². The van der Waals surface area contributed by atoms with Crippen LogP contribution in [0.3, 0.4) is 0 Å². The Morgan fingerprint density at radius 2 is 1.58 bits per heavy atom. The highest BCUT2D eigenvalue weighted by molar-refractivity contribution is 6.22. The second-order valence-electron chi connectivity index (χ2n) is 18.0. The summed E-state index contributed by atoms with van der Waals surface area (Å²) in [5, 5.41) is 17.6. The number of aliphatic hydroxyl groups is 1. The second kappa shape index (κ2) is 16.9. The molecule has 0 spiro atoms. The van der Waals surface area contributed by atoms with Gasteiger partial charge in [0.05, 0.1) is 29.0 Å². The van der Waals surface area contributed by atoms with E-state index in [0.29, 0.717) is 34.5 Å². The average Bonchev–Trinajstić information content (AvgIpc) is 3.80. The smallest absolute Gasteiger partial charge is 0.433 e. The number of anilines is 2. The molecule has 0 saturated carbocycles. The molecule has 16 nitrogen and oxygen atoms in total. The SMILES string of the molecule is CC(C)(O)c1cc2nc(C3CCN(CC4CCN(C5CCN(c6ccc7c(c6)C(=O)N(N6CCC(=O)NC6=O)C7=O)CC5)CC4)CC3)oc2cc1NC(=O)c1cccc(C(F)(F)F)n1. The van der Waals surface area contributed by atoms with Crippen LogP contribution in [0.1, 0.15) is 113 Å². The van der Waals surface area contributed by atoms with E-state index >= 15 is 0 Å². The zero-order valence-electron chi connectivity index (χ0n) is 35.6. The van der Waals surface area contributed by atoms with Gasteiger partial charge in [-0.25, -0.2) is 19.8 Å². The van der Waals surface area contributed by atoms with Gasteiger partial charge in [0.15, 0.2) is 11.5 Å². The van der Waals surface area contributed by atoms with Gasteiger partial charge in [-0.1, -0.05) is 6.07 Å². The van der Waals surface area contributed by atoms with E-state index in [2.05, 4.69) is 30.3 Å². The van der Waals surface area contributed by atoms with E-state index in [0.717, 1.165) is 112 Å². The lowest BCUT2D eigenvalue weighted by molar-refractivity contribution is -0.141. The van der Waals surface area contributed by atoms with Crippen LogP contribution in [0.2, 0.25) is 0 Å². The third-order valence-electron chi connectivity index (χ3n) is 13.3. The number of carbonyl (C=O) groups excluding carboxylic acids is 5. The van der Waals surface area contributed by atoms with Gasteiger partial charge in [0.25, 0.3) is 17.7 Å². The Labute approximate surface area is 366 Å². The Morgan fingerprint density at radius 1 is 0.859 bits per heavy atom. The van der Waals surface area contributed by atoms with Crippen LogP contribution in [0.4, 0.5) is 29.3 Å². The van der Waals surface area contributed by atoms with E-state index in [4.69, 9.17) is 9.40 Å². The molecule has 3 N–H and O–H groups in total. The van der Waals surface area contributed by atoms with Crippen LogP contribution in [0.15, 0.2) is 52.9 Å². The van der Waals surface area contributed by atoms with Crippen molar-refractivity contribution in [2.24, 2.45) is 5.92 Å². The molecule has 7 heterocycles. The number of amides is 6. The van der Waals surface area contributed by atoms with Gasteiger partial charge in [-0.15, -0.1) is 0 Å². The zero-order chi connectivity index (χ0) is 45.1. The van der Waals surface area contributed by atoms with Gasteiger partial charge in [-0.3, -0.25) is 24.5 Å². The van der Waals surface area contributed by atoms with Gasteiger partial charge in [0, 0.05) is 55.3 Å². The maximum atomic E-state index is 13.3. The van der Waals surface area contributed by atoms with E-state index in [-0.39, 0.29) is 35.7 Å². The number of alkyl halides is 3. The molecule has 6 amide bonds. The Kier molecular flexibility index (Phi) is 11.4. The second-order valence-corrected chi connectivity index (χ2v) is 18.0. The summed E-state index contributed by atoms with van der Waals surface area (Å²) < 4.78 is 46.0. The molecule has 64 heavy (non-hydrogen) atoms. The van der Waals surface area contributed by atoms with Crippen LogP contribution in [0.5, 0.6) is 0 Å². The number of hydrazine groups is 1. The molecule has 0 unspecified atom stereocenters. The maximum absolute atomic E-state index is 13.3. The molecule has 19 heteroatoms. The number of nitrogens with zero attached hydrogens (tertiary/aromatic N) is 7. The predicted molar refractivity (Wildman–Crippen MR) is 226 cm³/mol. The summed E-state index contributed by atoms with van der Waals surface area (Å²) in [7, 11) is 0. The minimum Gasteiger partial charge on any atom is -0.440 e. The lowest BCUT2D eigenvalue weighted by atomic mass is 9.91. The number of pyridine rings is 1. The third kappa shape index (κ3) is 8.67. The molecule has 5 aliphatic heterocycles. The van der Waals surface area contributed by atoms with Crippen molar-refractivity contribution < 1.29 is 46.7 Å². The molecule has 9 rings (SSSR count). The summed E-state index contributed by atoms with van der Waals surface area (Å²) in [6.45, 7) is 9.61. The first-order valence-corrected chi connectivity index (χ1v) is 21.9. The minimum atomic E-state index is -4.71. The molecule has 0 aliphatic carbocycles. The van der Waals surface area contributed by atoms with Gasteiger partial charge in [0.1, 0.15) is 16.9 Å². The predicted octanol–water partition coefficient (Wildman–Crippen LogP) is 5.73. The standard InChI is InChI=1S/C45H50F3N9O7/c1-44(2,63)32-23-35-36(24-34(32)50-39(59)33-4-3-5-37(49-33)45(46,47)48)64-40(51-35)27-10-15-53(16-11-27)25-26-8-17-54(18-9-26)28-12-19-55(20-13-28)29-6-7-30-31(22-29)42(61)57(41(30)60)56-21-14-38(58)52-43(56)62/h3-7,22-24,26-28,63H,8-21,25H2,1-2H3,(H,50,59)(H,52,58,62). The van der Waals surface area contributed by atoms with Crippen molar-refractivity contribution in [3.05, 3.63) is 82.5 Å². The molecule has 0 radical (unpaired) electrons. The third-order valence-corrected chi connectivity index (χ3v) is 13.3. The highest BCUT2D eigenvalue weighted by Gasteiger charge is 2.44. The number of benzene rings is 2. The van der Waals surface area contributed by atoms with Crippen LogP contribution in [-0.2, 0) is 16.6 Å². The van der Waals surface area contributed by atoms with E-state index in [1.54, 1.807) is 38.1 Å². The van der Waals surface area contributed by atoms with Crippen molar-refractivity contribution in [1.29, 1.82) is 0 Å². The Bertz CT molecular complexity index is 2500. The number of fused-ring (bicyclic) bond motifs is 2. The summed E-state index contributed by atoms with van der Waals surface area (Å²) in [5.74, 6) is -1.18. The molecule has 4 fully saturated rings. The number of imide groups is 2. The van der Waals surface area contributed by atoms with Crippen LogP contribution < -0.4 is 15.5 Å². The van der Waals surface area contributed by atoms with Gasteiger partial charge < -0.3 is 29.5 Å². The summed E-state index contributed by atoms with van der Waals surface area (Å²) in [6, 6.07) is 11.2. The number of likely N-dealkylation sites (tertiary alicyclic amines) is 2. The van der Waals surface area contributed by atoms with Crippen LogP contribution in [0, 0.1) is 5.92 Å². The molecule has 4 saturated heterocycles. The van der Waals surface area contributed by atoms with Crippen molar-refractivity contribution in [3.8, 4) is 0 Å². The number of hydrogen-bond acceptors (Lipinski definition) is 12. The number of carbonyl (C=O) groups is 5.